The Hall–Kier alpha value is -0.0000000000000000416. The van der Waals surface area contributed by atoms with Crippen LogP contribution in [0.2, 0.25) is 0 Å². The number of rotatable bonds is 9. The molecule has 0 aromatic heterocycles. The minimum absolute atomic E-state index is 0.0807. The summed E-state index contributed by atoms with van der Waals surface area (Å²) in [7, 11) is 3.22. The predicted octanol–water partition coefficient (Wildman–Crippen LogP) is 6.62. The maximum absolute atomic E-state index is 3.88. The van der Waals surface area contributed by atoms with Crippen molar-refractivity contribution in [3.8, 4) is 0 Å². The third kappa shape index (κ3) is 4.83. The van der Waals surface area contributed by atoms with Crippen LogP contribution in [0.5, 0.6) is 0 Å². The second-order valence-electron chi connectivity index (χ2n) is 10.8. The Labute approximate surface area is 190 Å². The van der Waals surface area contributed by atoms with Crippen molar-refractivity contribution in [3.63, 3.8) is 0 Å². The summed E-state index contributed by atoms with van der Waals surface area (Å²) in [5.41, 5.74) is 3.18. The van der Waals surface area contributed by atoms with Crippen molar-refractivity contribution >= 4 is 17.2 Å². The number of hydrogen-bond acceptors (Lipinski definition) is 2. The molecule has 1 aromatic carbocycles. The zero-order valence-corrected chi connectivity index (χ0v) is 22.4. The van der Waals surface area contributed by atoms with Crippen molar-refractivity contribution in [1.82, 2.24) is 10.6 Å². The van der Waals surface area contributed by atoms with Crippen LogP contribution in [0.3, 0.4) is 0 Å². The number of benzene rings is 1. The lowest BCUT2D eigenvalue weighted by Gasteiger charge is -2.47. The smallest absolute Gasteiger partial charge is 0.0405 e. The highest BCUT2D eigenvalue weighted by molar-refractivity contribution is 7.60. The van der Waals surface area contributed by atoms with Gasteiger partial charge in [-0.25, -0.2) is 0 Å². The normalized spacial score (nSPS) is 25.1. The summed E-state index contributed by atoms with van der Waals surface area (Å²) in [4.78, 5) is 0. The van der Waals surface area contributed by atoms with Crippen LogP contribution < -0.4 is 10.6 Å². The lowest BCUT2D eigenvalue weighted by molar-refractivity contribution is 0.352. The molecular weight excluding hydrogens is 402 g/mol. The van der Waals surface area contributed by atoms with Crippen molar-refractivity contribution in [2.75, 3.05) is 13.1 Å². The summed E-state index contributed by atoms with van der Waals surface area (Å²) in [5, 5.41) is 8.62. The van der Waals surface area contributed by atoms with Crippen LogP contribution in [0.15, 0.2) is 24.3 Å². The molecule has 0 saturated carbocycles. The van der Waals surface area contributed by atoms with E-state index in [0.29, 0.717) is 22.4 Å². The van der Waals surface area contributed by atoms with Gasteiger partial charge < -0.3 is 10.6 Å². The molecule has 1 aromatic rings. The van der Waals surface area contributed by atoms with E-state index in [0.717, 1.165) is 13.1 Å². The van der Waals surface area contributed by atoms with Crippen LogP contribution in [-0.2, 0) is 11.3 Å². The molecule has 30 heavy (non-hydrogen) atoms. The third-order valence-electron chi connectivity index (χ3n) is 8.28. The van der Waals surface area contributed by atoms with E-state index in [1.54, 1.807) is 11.1 Å². The van der Waals surface area contributed by atoms with Crippen LogP contribution in [0.4, 0.5) is 0 Å². The van der Waals surface area contributed by atoms with Gasteiger partial charge in [0.2, 0.25) is 0 Å². The molecule has 3 atom stereocenters. The van der Waals surface area contributed by atoms with E-state index in [1.807, 2.05) is 0 Å². The van der Waals surface area contributed by atoms with Gasteiger partial charge in [0, 0.05) is 17.2 Å². The van der Waals surface area contributed by atoms with Crippen molar-refractivity contribution in [3.05, 3.63) is 35.4 Å². The average molecular weight is 449 g/mol. The fraction of sp³-hybridized carbons (Fsp3) is 0.769. The van der Waals surface area contributed by atoms with Gasteiger partial charge in [-0.05, 0) is 79.2 Å². The summed E-state index contributed by atoms with van der Waals surface area (Å²) in [6, 6.07) is 10.5. The van der Waals surface area contributed by atoms with Gasteiger partial charge in [0.05, 0.1) is 0 Å². The Balaban J connectivity index is 2.05. The zero-order valence-electron chi connectivity index (χ0n) is 20.4. The zero-order chi connectivity index (χ0) is 22.0. The molecular formula is C26H46N2P2. The van der Waals surface area contributed by atoms with Gasteiger partial charge in [0.1, 0.15) is 0 Å². The molecule has 2 heterocycles. The first-order valence-corrected chi connectivity index (χ1v) is 14.4. The quantitative estimate of drug-likeness (QED) is 0.415. The Morgan fingerprint density at radius 3 is 1.83 bits per heavy atom. The van der Waals surface area contributed by atoms with Crippen molar-refractivity contribution in [2.45, 2.75) is 114 Å². The van der Waals surface area contributed by atoms with Gasteiger partial charge in [-0.2, -0.15) is 0 Å². The molecule has 0 radical (unpaired) electrons. The van der Waals surface area contributed by atoms with Crippen molar-refractivity contribution in [2.24, 2.45) is 0 Å². The highest BCUT2D eigenvalue weighted by Gasteiger charge is 2.47. The topological polar surface area (TPSA) is 24.1 Å². The fourth-order valence-corrected chi connectivity index (χ4v) is 10.4. The first-order valence-electron chi connectivity index (χ1n) is 12.3. The minimum atomic E-state index is -0.161. The summed E-state index contributed by atoms with van der Waals surface area (Å²) in [6.45, 7) is 17.2. The summed E-state index contributed by atoms with van der Waals surface area (Å²) >= 11 is 0. The third-order valence-corrected chi connectivity index (χ3v) is 13.6. The molecule has 3 rings (SSSR count). The molecule has 0 bridgehead atoms. The van der Waals surface area contributed by atoms with Crippen LogP contribution in [0.25, 0.3) is 0 Å². The number of nitrogens with one attached hydrogen (secondary N) is 2. The SMILES string of the molecule is CCC(C)(C)P(Cc1ccccc1C(P)(C1CCCN1)C1CCCN1)C(C)(C)CC. The molecule has 2 N–H and O–H groups in total. The molecule has 0 amide bonds. The average Bonchev–Trinajstić information content (AvgIpc) is 3.46. The first kappa shape index (κ1) is 24.6. The highest BCUT2D eigenvalue weighted by Crippen LogP contribution is 2.64. The summed E-state index contributed by atoms with van der Waals surface area (Å²) < 4.78 is 0. The fourth-order valence-electron chi connectivity index (χ4n) is 5.68. The van der Waals surface area contributed by atoms with E-state index in [1.165, 1.54) is 44.7 Å². The Morgan fingerprint density at radius 2 is 1.40 bits per heavy atom. The Bertz CT molecular complexity index is 656. The number of hydrogen-bond donors (Lipinski definition) is 2. The van der Waals surface area contributed by atoms with Gasteiger partial charge in [-0.3, -0.25) is 0 Å². The monoisotopic (exact) mass is 448 g/mol. The molecule has 3 unspecified atom stereocenters. The molecule has 0 aliphatic carbocycles. The van der Waals surface area contributed by atoms with E-state index >= 15 is 0 Å². The molecule has 2 saturated heterocycles. The molecule has 2 nitrogen and oxygen atoms in total. The largest absolute Gasteiger partial charge is 0.313 e. The lowest BCUT2D eigenvalue weighted by atomic mass is 9.80. The second-order valence-corrected chi connectivity index (χ2v) is 15.4. The van der Waals surface area contributed by atoms with Gasteiger partial charge in [-0.15, -0.1) is 9.24 Å². The van der Waals surface area contributed by atoms with Gasteiger partial charge in [0.25, 0.3) is 0 Å². The van der Waals surface area contributed by atoms with Gasteiger partial charge in [0.15, 0.2) is 0 Å². The summed E-state index contributed by atoms with van der Waals surface area (Å²) in [6.07, 6.45) is 8.91. The standard InChI is InChI=1S/C26H46N2P2/c1-7-24(3,4)30(25(5,6)8-2)19-20-13-9-10-14-21(20)26(29,22-15-11-17-27-22)23-16-12-18-28-23/h9-10,13-14,22-23,27-28H,7-8,11-12,15-19,29H2,1-6H3. The molecule has 0 spiro atoms. The Morgan fingerprint density at radius 1 is 0.900 bits per heavy atom. The molecule has 2 aliphatic rings. The molecule has 2 aliphatic heterocycles. The van der Waals surface area contributed by atoms with E-state index in [9.17, 15) is 0 Å². The maximum Gasteiger partial charge on any atom is 0.0405 e. The van der Waals surface area contributed by atoms with E-state index in [4.69, 9.17) is 0 Å². The van der Waals surface area contributed by atoms with E-state index in [-0.39, 0.29) is 13.1 Å². The highest BCUT2D eigenvalue weighted by atomic mass is 31.1. The second kappa shape index (κ2) is 9.87. The first-order chi connectivity index (χ1) is 14.2. The van der Waals surface area contributed by atoms with Crippen molar-refractivity contribution < 1.29 is 0 Å². The maximum atomic E-state index is 3.88. The van der Waals surface area contributed by atoms with Crippen LogP contribution in [-0.4, -0.2) is 35.5 Å². The van der Waals surface area contributed by atoms with Crippen LogP contribution >= 0.6 is 17.2 Å². The molecule has 170 valence electrons. The van der Waals surface area contributed by atoms with E-state index < -0.39 is 0 Å². The predicted molar refractivity (Wildman–Crippen MR) is 139 cm³/mol. The molecule has 4 heteroatoms. The Kier molecular flexibility index (Phi) is 8.10. The van der Waals surface area contributed by atoms with Crippen molar-refractivity contribution in [1.29, 1.82) is 0 Å². The minimum Gasteiger partial charge on any atom is -0.313 e. The molecule has 2 fully saturated rings. The summed E-state index contributed by atoms with van der Waals surface area (Å²) in [5.74, 6) is 0. The van der Waals surface area contributed by atoms with Gasteiger partial charge in [-0.1, -0.05) is 73.7 Å². The van der Waals surface area contributed by atoms with Crippen LogP contribution in [0, 0.1) is 0 Å². The van der Waals surface area contributed by atoms with Gasteiger partial charge >= 0.3 is 0 Å². The van der Waals surface area contributed by atoms with E-state index in [2.05, 4.69) is 85.7 Å². The lowest BCUT2D eigenvalue weighted by Crippen LogP contribution is -2.52. The van der Waals surface area contributed by atoms with Crippen LogP contribution in [0.1, 0.15) is 91.2 Å².